The number of carbonyl (C=O) groups is 4. The molecule has 0 radical (unpaired) electrons. The monoisotopic (exact) mass is 514 g/mol. The minimum atomic E-state index is -1.60. The molecule has 3 aromatic rings. The third-order valence-electron chi connectivity index (χ3n) is 8.65. The number of aliphatic carboxylic acids is 1. The molecule has 8 nitrogen and oxygen atoms in total. The fraction of sp³-hybridized carbons (Fsp3) is 0.400. The van der Waals surface area contributed by atoms with Crippen molar-refractivity contribution in [2.24, 2.45) is 17.8 Å². The Labute approximate surface area is 220 Å². The average Bonchev–Trinajstić information content (AvgIpc) is 3.56. The Kier molecular flexibility index (Phi) is 5.94. The fourth-order valence-corrected chi connectivity index (χ4v) is 6.82. The first-order valence-corrected chi connectivity index (χ1v) is 13.3. The molecule has 38 heavy (non-hydrogen) atoms. The second kappa shape index (κ2) is 9.20. The highest BCUT2D eigenvalue weighted by molar-refractivity contribution is 6.24. The van der Waals surface area contributed by atoms with Gasteiger partial charge in [-0.25, -0.2) is 4.90 Å². The zero-order chi connectivity index (χ0) is 26.6. The third-order valence-corrected chi connectivity index (χ3v) is 8.65. The van der Waals surface area contributed by atoms with Crippen LogP contribution in [-0.4, -0.2) is 34.2 Å². The van der Waals surface area contributed by atoms with Gasteiger partial charge in [0.1, 0.15) is 16.9 Å². The Balaban J connectivity index is 1.45. The van der Waals surface area contributed by atoms with Crippen molar-refractivity contribution in [3.05, 3.63) is 65.9 Å². The lowest BCUT2D eigenvalue weighted by Gasteiger charge is -2.35. The van der Waals surface area contributed by atoms with Crippen LogP contribution in [0.4, 0.5) is 5.69 Å². The number of carboxylic acid groups (broad SMARTS) is 1. The first kappa shape index (κ1) is 24.6. The molecule has 2 amide bonds. The van der Waals surface area contributed by atoms with Crippen molar-refractivity contribution in [2.75, 3.05) is 4.90 Å². The standard InChI is InChI=1S/C30H30N2O6/c1-17(33)19-11-13-21(14-12-19)32-27(34)24-25(28(32)35)30(29(36)37,16-18-7-3-2-4-8-18)31-26(24)23-15-20-9-5-6-10-22(20)38-23/h5-6,9-15,18,24-26,31H,2-4,7-8,16H2,1H3,(H,36,37). The molecule has 1 aliphatic carbocycles. The maximum atomic E-state index is 14.0. The van der Waals surface area contributed by atoms with Gasteiger partial charge >= 0.3 is 5.97 Å². The van der Waals surface area contributed by atoms with Gasteiger partial charge in [0.2, 0.25) is 11.8 Å². The van der Waals surface area contributed by atoms with Gasteiger partial charge in [-0.2, -0.15) is 0 Å². The number of Topliss-reactive ketones (excluding diaryl/α,β-unsaturated/α-hetero) is 1. The second-order valence-corrected chi connectivity index (χ2v) is 10.9. The molecule has 196 valence electrons. The van der Waals surface area contributed by atoms with Gasteiger partial charge in [-0.1, -0.05) is 50.3 Å². The molecule has 2 aromatic carbocycles. The lowest BCUT2D eigenvalue weighted by Crippen LogP contribution is -2.56. The molecular weight excluding hydrogens is 484 g/mol. The molecule has 4 unspecified atom stereocenters. The van der Waals surface area contributed by atoms with Crippen LogP contribution in [0.25, 0.3) is 11.0 Å². The number of fused-ring (bicyclic) bond motifs is 2. The van der Waals surface area contributed by atoms with E-state index in [1.165, 1.54) is 6.92 Å². The van der Waals surface area contributed by atoms with Crippen LogP contribution in [0.1, 0.15) is 67.6 Å². The summed E-state index contributed by atoms with van der Waals surface area (Å²) in [4.78, 5) is 54.0. The Morgan fingerprint density at radius 1 is 1.03 bits per heavy atom. The summed E-state index contributed by atoms with van der Waals surface area (Å²) < 4.78 is 6.11. The van der Waals surface area contributed by atoms with Crippen LogP contribution in [0, 0.1) is 17.8 Å². The highest BCUT2D eigenvalue weighted by Crippen LogP contribution is 2.53. The molecule has 3 fully saturated rings. The highest BCUT2D eigenvalue weighted by Gasteiger charge is 2.69. The first-order chi connectivity index (χ1) is 18.3. The summed E-state index contributed by atoms with van der Waals surface area (Å²) >= 11 is 0. The van der Waals surface area contributed by atoms with Gasteiger partial charge in [-0.3, -0.25) is 24.5 Å². The van der Waals surface area contributed by atoms with Gasteiger partial charge in [0, 0.05) is 10.9 Å². The number of ketones is 1. The topological polar surface area (TPSA) is 117 Å². The fourth-order valence-electron chi connectivity index (χ4n) is 6.82. The van der Waals surface area contributed by atoms with Gasteiger partial charge in [0.05, 0.1) is 23.6 Å². The van der Waals surface area contributed by atoms with Crippen LogP contribution in [0.15, 0.2) is 59.0 Å². The van der Waals surface area contributed by atoms with Gasteiger partial charge in [0.25, 0.3) is 0 Å². The molecule has 0 bridgehead atoms. The number of furan rings is 1. The second-order valence-electron chi connectivity index (χ2n) is 10.9. The summed E-state index contributed by atoms with van der Waals surface area (Å²) in [6.45, 7) is 1.45. The molecule has 1 aromatic heterocycles. The van der Waals surface area contributed by atoms with Crippen molar-refractivity contribution < 1.29 is 28.7 Å². The van der Waals surface area contributed by atoms with E-state index in [0.717, 1.165) is 42.4 Å². The quantitative estimate of drug-likeness (QED) is 0.356. The number of para-hydroxylation sites is 1. The maximum Gasteiger partial charge on any atom is 0.324 e. The van der Waals surface area contributed by atoms with Crippen molar-refractivity contribution in [3.63, 3.8) is 0 Å². The lowest BCUT2D eigenvalue weighted by molar-refractivity contribution is -0.150. The number of anilines is 1. The molecule has 1 saturated carbocycles. The van der Waals surface area contributed by atoms with Crippen LogP contribution in [0.5, 0.6) is 0 Å². The number of rotatable bonds is 6. The number of carboxylic acids is 1. The highest BCUT2D eigenvalue weighted by atomic mass is 16.4. The van der Waals surface area contributed by atoms with Gasteiger partial charge < -0.3 is 9.52 Å². The third kappa shape index (κ3) is 3.77. The molecule has 8 heteroatoms. The summed E-state index contributed by atoms with van der Waals surface area (Å²) in [6.07, 6.45) is 5.27. The molecule has 6 rings (SSSR count). The number of nitrogens with zero attached hydrogens (tertiary/aromatic N) is 1. The molecule has 2 N–H and O–H groups in total. The van der Waals surface area contributed by atoms with Gasteiger partial charge in [-0.05, 0) is 55.7 Å². The summed E-state index contributed by atoms with van der Waals surface area (Å²) in [5.41, 5.74) is -0.168. The number of carbonyl (C=O) groups excluding carboxylic acids is 3. The number of hydrogen-bond donors (Lipinski definition) is 2. The molecule has 4 atom stereocenters. The summed E-state index contributed by atoms with van der Waals surface area (Å²) in [7, 11) is 0. The Morgan fingerprint density at radius 2 is 1.74 bits per heavy atom. The number of nitrogens with one attached hydrogen (secondary N) is 1. The van der Waals surface area contributed by atoms with E-state index >= 15 is 0 Å². The lowest BCUT2D eigenvalue weighted by atomic mass is 9.72. The largest absolute Gasteiger partial charge is 0.480 e. The van der Waals surface area contributed by atoms with E-state index in [1.54, 1.807) is 24.3 Å². The molecule has 0 spiro atoms. The number of imide groups is 1. The smallest absolute Gasteiger partial charge is 0.324 e. The van der Waals surface area contributed by atoms with Crippen LogP contribution < -0.4 is 10.2 Å². The van der Waals surface area contributed by atoms with E-state index in [9.17, 15) is 24.3 Å². The SMILES string of the molecule is CC(=O)c1ccc(N2C(=O)C3C(c4cc5ccccc5o4)NC(CC4CCCCC4)(C(=O)O)C3C2=O)cc1. The van der Waals surface area contributed by atoms with Gasteiger partial charge in [0.15, 0.2) is 5.78 Å². The Hall–Kier alpha value is -3.78. The number of hydrogen-bond acceptors (Lipinski definition) is 6. The Bertz CT molecular complexity index is 1400. The van der Waals surface area contributed by atoms with Crippen molar-refractivity contribution in [1.82, 2.24) is 5.32 Å². The van der Waals surface area contributed by atoms with E-state index in [0.29, 0.717) is 22.6 Å². The van der Waals surface area contributed by atoms with Crippen molar-refractivity contribution >= 4 is 40.2 Å². The van der Waals surface area contributed by atoms with Gasteiger partial charge in [-0.15, -0.1) is 0 Å². The predicted octanol–water partition coefficient (Wildman–Crippen LogP) is 4.88. The molecular formula is C30H30N2O6. The molecule has 3 aliphatic rings. The van der Waals surface area contributed by atoms with Crippen molar-refractivity contribution in [3.8, 4) is 0 Å². The number of amides is 2. The van der Waals surface area contributed by atoms with E-state index in [-0.39, 0.29) is 18.1 Å². The number of benzene rings is 2. The summed E-state index contributed by atoms with van der Waals surface area (Å²) in [5.74, 6) is -3.65. The predicted molar refractivity (Wildman–Crippen MR) is 140 cm³/mol. The van der Waals surface area contributed by atoms with Crippen LogP contribution in [0.3, 0.4) is 0 Å². The molecule has 2 saturated heterocycles. The first-order valence-electron chi connectivity index (χ1n) is 13.3. The minimum absolute atomic E-state index is 0.126. The van der Waals surface area contributed by atoms with Crippen molar-refractivity contribution in [2.45, 2.75) is 57.0 Å². The minimum Gasteiger partial charge on any atom is -0.480 e. The maximum absolute atomic E-state index is 14.0. The average molecular weight is 515 g/mol. The normalized spacial score (nSPS) is 27.7. The summed E-state index contributed by atoms with van der Waals surface area (Å²) in [5, 5.41) is 14.8. The van der Waals surface area contributed by atoms with E-state index in [4.69, 9.17) is 4.42 Å². The zero-order valence-corrected chi connectivity index (χ0v) is 21.2. The van der Waals surface area contributed by atoms with Crippen molar-refractivity contribution in [1.29, 1.82) is 0 Å². The Morgan fingerprint density at radius 3 is 2.39 bits per heavy atom. The van der Waals surface area contributed by atoms with E-state index < -0.39 is 41.2 Å². The van der Waals surface area contributed by atoms with E-state index in [1.807, 2.05) is 30.3 Å². The molecule has 2 aliphatic heterocycles. The van der Waals surface area contributed by atoms with Crippen LogP contribution in [0.2, 0.25) is 0 Å². The zero-order valence-electron chi connectivity index (χ0n) is 21.2. The van der Waals surface area contributed by atoms with Crippen LogP contribution >= 0.6 is 0 Å². The summed E-state index contributed by atoms with van der Waals surface area (Å²) in [6, 6.07) is 14.8. The van der Waals surface area contributed by atoms with E-state index in [2.05, 4.69) is 5.32 Å². The van der Waals surface area contributed by atoms with Crippen LogP contribution in [-0.2, 0) is 14.4 Å². The molecule has 3 heterocycles.